The molecular formula is C11H18N4O3. The summed E-state index contributed by atoms with van der Waals surface area (Å²) in [6, 6.07) is 0.610. The van der Waals surface area contributed by atoms with E-state index in [1.807, 2.05) is 0 Å². The fourth-order valence-electron chi connectivity index (χ4n) is 1.48. The van der Waals surface area contributed by atoms with Crippen molar-refractivity contribution in [1.82, 2.24) is 9.97 Å². The number of nitrogens with one attached hydrogen (secondary N) is 2. The van der Waals surface area contributed by atoms with Crippen LogP contribution in [0.2, 0.25) is 0 Å². The SMILES string of the molecule is Cc1cc(=O)[nH]c(NCCCCC(N)C(=O)O)n1. The number of carboxylic acid groups (broad SMARTS) is 1. The maximum Gasteiger partial charge on any atom is 0.320 e. The second kappa shape index (κ2) is 6.75. The molecule has 0 fully saturated rings. The zero-order valence-corrected chi connectivity index (χ0v) is 10.3. The first-order chi connectivity index (χ1) is 8.49. The molecule has 0 bridgehead atoms. The summed E-state index contributed by atoms with van der Waals surface area (Å²) in [4.78, 5) is 28.3. The Bertz CT molecular complexity index is 458. The molecule has 0 spiro atoms. The summed E-state index contributed by atoms with van der Waals surface area (Å²) in [6.45, 7) is 2.35. The van der Waals surface area contributed by atoms with Crippen molar-refractivity contribution < 1.29 is 9.90 Å². The van der Waals surface area contributed by atoms with Gasteiger partial charge in [0.25, 0.3) is 5.56 Å². The lowest BCUT2D eigenvalue weighted by molar-refractivity contribution is -0.138. The number of carbonyl (C=O) groups is 1. The Morgan fingerprint density at radius 3 is 2.94 bits per heavy atom. The van der Waals surface area contributed by atoms with Crippen molar-refractivity contribution in [2.24, 2.45) is 5.73 Å². The minimum absolute atomic E-state index is 0.196. The number of aliphatic carboxylic acids is 1. The molecule has 1 unspecified atom stereocenters. The van der Waals surface area contributed by atoms with E-state index in [1.165, 1.54) is 6.07 Å². The quantitative estimate of drug-likeness (QED) is 0.511. The molecule has 1 aromatic rings. The lowest BCUT2D eigenvalue weighted by Gasteiger charge is -2.07. The van der Waals surface area contributed by atoms with Crippen LogP contribution in [0.5, 0.6) is 0 Å². The predicted octanol–water partition coefficient (Wildman–Crippen LogP) is 0.0724. The molecule has 0 aliphatic heterocycles. The maximum absolute atomic E-state index is 11.1. The zero-order valence-electron chi connectivity index (χ0n) is 10.3. The molecule has 5 N–H and O–H groups in total. The van der Waals surface area contributed by atoms with E-state index < -0.39 is 12.0 Å². The van der Waals surface area contributed by atoms with Crippen molar-refractivity contribution in [3.05, 3.63) is 22.1 Å². The molecule has 0 radical (unpaired) electrons. The molecule has 0 aliphatic rings. The van der Waals surface area contributed by atoms with E-state index in [9.17, 15) is 9.59 Å². The van der Waals surface area contributed by atoms with Crippen molar-refractivity contribution in [3.63, 3.8) is 0 Å². The summed E-state index contributed by atoms with van der Waals surface area (Å²) in [5, 5.41) is 11.6. The van der Waals surface area contributed by atoms with Gasteiger partial charge in [-0.3, -0.25) is 14.6 Å². The molecule has 1 heterocycles. The fraction of sp³-hybridized carbons (Fsp3) is 0.545. The minimum atomic E-state index is -0.979. The second-order valence-corrected chi connectivity index (χ2v) is 4.10. The third kappa shape index (κ3) is 4.96. The van der Waals surface area contributed by atoms with E-state index in [0.717, 1.165) is 6.42 Å². The van der Waals surface area contributed by atoms with Gasteiger partial charge in [0.05, 0.1) is 0 Å². The lowest BCUT2D eigenvalue weighted by Crippen LogP contribution is -2.29. The lowest BCUT2D eigenvalue weighted by atomic mass is 10.1. The van der Waals surface area contributed by atoms with Crippen LogP contribution in [0.3, 0.4) is 0 Å². The molecule has 100 valence electrons. The maximum atomic E-state index is 11.1. The molecule has 1 atom stereocenters. The number of aromatic nitrogens is 2. The average molecular weight is 254 g/mol. The Kier molecular flexibility index (Phi) is 5.31. The summed E-state index contributed by atoms with van der Waals surface area (Å²) in [7, 11) is 0. The number of nitrogens with two attached hydrogens (primary N) is 1. The Balaban J connectivity index is 2.26. The van der Waals surface area contributed by atoms with Crippen LogP contribution in [-0.2, 0) is 4.79 Å². The molecule has 0 saturated heterocycles. The number of aromatic amines is 1. The van der Waals surface area contributed by atoms with Gasteiger partial charge < -0.3 is 16.2 Å². The van der Waals surface area contributed by atoms with E-state index in [0.29, 0.717) is 31.0 Å². The molecule has 7 heteroatoms. The second-order valence-electron chi connectivity index (χ2n) is 4.10. The van der Waals surface area contributed by atoms with Crippen LogP contribution >= 0.6 is 0 Å². The topological polar surface area (TPSA) is 121 Å². The van der Waals surface area contributed by atoms with Crippen LogP contribution in [-0.4, -0.2) is 33.6 Å². The van der Waals surface area contributed by atoms with Crippen LogP contribution in [0.4, 0.5) is 5.95 Å². The van der Waals surface area contributed by atoms with E-state index in [-0.39, 0.29) is 5.56 Å². The first-order valence-corrected chi connectivity index (χ1v) is 5.79. The van der Waals surface area contributed by atoms with Gasteiger partial charge in [0.2, 0.25) is 5.95 Å². The van der Waals surface area contributed by atoms with Crippen molar-refractivity contribution in [2.75, 3.05) is 11.9 Å². The number of nitrogens with zero attached hydrogens (tertiary/aromatic N) is 1. The van der Waals surface area contributed by atoms with Gasteiger partial charge in [-0.2, -0.15) is 0 Å². The number of H-pyrrole nitrogens is 1. The molecule has 0 aromatic carbocycles. The third-order valence-electron chi connectivity index (χ3n) is 2.42. The summed E-state index contributed by atoms with van der Waals surface area (Å²) in [5.41, 5.74) is 5.82. The fourth-order valence-corrected chi connectivity index (χ4v) is 1.48. The highest BCUT2D eigenvalue weighted by Crippen LogP contribution is 2.01. The van der Waals surface area contributed by atoms with Crippen LogP contribution in [0.15, 0.2) is 10.9 Å². The monoisotopic (exact) mass is 254 g/mol. The number of rotatable bonds is 7. The Morgan fingerprint density at radius 1 is 1.61 bits per heavy atom. The van der Waals surface area contributed by atoms with E-state index in [4.69, 9.17) is 10.8 Å². The van der Waals surface area contributed by atoms with Gasteiger partial charge in [-0.1, -0.05) is 0 Å². The summed E-state index contributed by atoms with van der Waals surface area (Å²) in [6.07, 6.45) is 1.91. The van der Waals surface area contributed by atoms with Crippen LogP contribution in [0.1, 0.15) is 25.0 Å². The summed E-state index contributed by atoms with van der Waals surface area (Å²) < 4.78 is 0. The standard InChI is InChI=1S/C11H18N4O3/c1-7-6-9(16)15-11(14-7)13-5-3-2-4-8(12)10(17)18/h6,8H,2-5,12H2,1H3,(H,17,18)(H2,13,14,15,16). The van der Waals surface area contributed by atoms with Gasteiger partial charge >= 0.3 is 5.97 Å². The molecule has 1 aromatic heterocycles. The largest absolute Gasteiger partial charge is 0.480 e. The number of anilines is 1. The Hall–Kier alpha value is -1.89. The number of aryl methyl sites for hydroxylation is 1. The smallest absolute Gasteiger partial charge is 0.320 e. The highest BCUT2D eigenvalue weighted by molar-refractivity contribution is 5.72. The third-order valence-corrected chi connectivity index (χ3v) is 2.42. The zero-order chi connectivity index (χ0) is 13.5. The van der Waals surface area contributed by atoms with Gasteiger partial charge in [0.1, 0.15) is 6.04 Å². The highest BCUT2D eigenvalue weighted by atomic mass is 16.4. The van der Waals surface area contributed by atoms with E-state index in [1.54, 1.807) is 6.92 Å². The molecule has 7 nitrogen and oxygen atoms in total. The van der Waals surface area contributed by atoms with Gasteiger partial charge in [-0.25, -0.2) is 4.98 Å². The molecule has 0 saturated carbocycles. The van der Waals surface area contributed by atoms with Crippen LogP contribution in [0.25, 0.3) is 0 Å². The molecular weight excluding hydrogens is 236 g/mol. The van der Waals surface area contributed by atoms with Crippen molar-refractivity contribution >= 4 is 11.9 Å². The van der Waals surface area contributed by atoms with E-state index >= 15 is 0 Å². The highest BCUT2D eigenvalue weighted by Gasteiger charge is 2.09. The van der Waals surface area contributed by atoms with Crippen molar-refractivity contribution in [1.29, 1.82) is 0 Å². The summed E-state index contributed by atoms with van der Waals surface area (Å²) in [5.74, 6) is -0.546. The van der Waals surface area contributed by atoms with Gasteiger partial charge in [0, 0.05) is 18.3 Å². The van der Waals surface area contributed by atoms with Crippen LogP contribution in [0, 0.1) is 6.92 Å². The van der Waals surface area contributed by atoms with Gasteiger partial charge in [-0.05, 0) is 26.2 Å². The molecule has 0 amide bonds. The Morgan fingerprint density at radius 2 is 2.33 bits per heavy atom. The summed E-state index contributed by atoms with van der Waals surface area (Å²) >= 11 is 0. The number of hydrogen-bond donors (Lipinski definition) is 4. The number of unbranched alkanes of at least 4 members (excludes halogenated alkanes) is 1. The first-order valence-electron chi connectivity index (χ1n) is 5.79. The Labute approximate surface area is 104 Å². The molecule has 0 aliphatic carbocycles. The van der Waals surface area contributed by atoms with Gasteiger partial charge in [0.15, 0.2) is 0 Å². The van der Waals surface area contributed by atoms with Crippen LogP contribution < -0.4 is 16.6 Å². The average Bonchev–Trinajstić information content (AvgIpc) is 2.26. The van der Waals surface area contributed by atoms with E-state index in [2.05, 4.69) is 15.3 Å². The molecule has 1 rings (SSSR count). The van der Waals surface area contributed by atoms with Crippen molar-refractivity contribution in [3.8, 4) is 0 Å². The number of hydrogen-bond acceptors (Lipinski definition) is 5. The predicted molar refractivity (Wildman–Crippen MR) is 67.5 cm³/mol. The van der Waals surface area contributed by atoms with Gasteiger partial charge in [-0.15, -0.1) is 0 Å². The molecule has 18 heavy (non-hydrogen) atoms. The minimum Gasteiger partial charge on any atom is -0.480 e. The van der Waals surface area contributed by atoms with Crippen molar-refractivity contribution in [2.45, 2.75) is 32.2 Å². The first kappa shape index (κ1) is 14.2. The normalized spacial score (nSPS) is 12.1. The number of carboxylic acids is 1.